The second kappa shape index (κ2) is 12.2. The Morgan fingerprint density at radius 3 is 2.57 bits per heavy atom. The molecular weight excluding hydrogens is 510 g/mol. The van der Waals surface area contributed by atoms with Gasteiger partial charge in [-0.1, -0.05) is 36.7 Å². The Labute approximate surface area is 227 Å². The zero-order valence-electron chi connectivity index (χ0n) is 21.6. The summed E-state index contributed by atoms with van der Waals surface area (Å²) in [6.45, 7) is 4.24. The fourth-order valence-corrected chi connectivity index (χ4v) is 5.89. The van der Waals surface area contributed by atoms with Gasteiger partial charge >= 0.3 is 5.97 Å². The van der Waals surface area contributed by atoms with Gasteiger partial charge in [0.25, 0.3) is 0 Å². The van der Waals surface area contributed by atoms with E-state index in [2.05, 4.69) is 6.92 Å². The van der Waals surface area contributed by atoms with E-state index < -0.39 is 11.8 Å². The summed E-state index contributed by atoms with van der Waals surface area (Å²) in [5, 5.41) is 0.553. The van der Waals surface area contributed by atoms with Gasteiger partial charge in [-0.15, -0.1) is 0 Å². The standard InChI is InChI=1S/C29H32ClNO5S/c1-5-37-12-11-36-29(33)26-17(2)31-22-14-20(18-9-10-24(34-3)25(16-18)35-4)15-23(32)28(22)27(26)19-7-6-8-21(30)13-19/h6-10,13,16,20,26-27H,5,11-12,14-15H2,1-4H3/t20-,26?,27-/m1/s1. The zero-order valence-corrected chi connectivity index (χ0v) is 23.2. The van der Waals surface area contributed by atoms with Crippen molar-refractivity contribution in [1.82, 2.24) is 0 Å². The molecule has 0 saturated heterocycles. The van der Waals surface area contributed by atoms with Crippen LogP contribution in [0.25, 0.3) is 0 Å². The molecule has 2 aromatic carbocycles. The van der Waals surface area contributed by atoms with Crippen molar-refractivity contribution >= 4 is 40.8 Å². The number of nitrogens with zero attached hydrogens (tertiary/aromatic N) is 1. The predicted molar refractivity (Wildman–Crippen MR) is 148 cm³/mol. The molecule has 0 fully saturated rings. The van der Waals surface area contributed by atoms with E-state index in [1.54, 1.807) is 32.0 Å². The number of ether oxygens (including phenoxy) is 3. The van der Waals surface area contributed by atoms with E-state index in [1.807, 2.05) is 43.3 Å². The van der Waals surface area contributed by atoms with Crippen LogP contribution in [0.4, 0.5) is 0 Å². The van der Waals surface area contributed by atoms with Crippen LogP contribution in [0.5, 0.6) is 11.5 Å². The number of Topliss-reactive ketones (excluding diaryl/α,β-unsaturated/α-hetero) is 1. The van der Waals surface area contributed by atoms with Crippen molar-refractivity contribution in [2.75, 3.05) is 32.3 Å². The highest BCUT2D eigenvalue weighted by Gasteiger charge is 2.44. The van der Waals surface area contributed by atoms with Crippen molar-refractivity contribution in [2.24, 2.45) is 10.9 Å². The normalized spacial score (nSPS) is 21.3. The number of halogens is 1. The molecular formula is C29H32ClNO5S. The van der Waals surface area contributed by atoms with Gasteiger partial charge in [-0.25, -0.2) is 0 Å². The first-order chi connectivity index (χ1) is 17.9. The summed E-state index contributed by atoms with van der Waals surface area (Å²) in [6, 6.07) is 13.1. The molecule has 6 nitrogen and oxygen atoms in total. The van der Waals surface area contributed by atoms with Gasteiger partial charge in [-0.2, -0.15) is 11.8 Å². The fraction of sp³-hybridized carbons (Fsp3) is 0.414. The molecule has 0 spiro atoms. The number of carbonyl (C=O) groups is 2. The van der Waals surface area contributed by atoms with E-state index in [-0.39, 0.29) is 17.7 Å². The van der Waals surface area contributed by atoms with Gasteiger partial charge < -0.3 is 14.2 Å². The summed E-state index contributed by atoms with van der Waals surface area (Å²) in [5.41, 5.74) is 3.77. The molecule has 0 amide bonds. The number of methoxy groups -OCH3 is 2. The second-order valence-electron chi connectivity index (χ2n) is 9.13. The third-order valence-corrected chi connectivity index (χ3v) is 8.00. The highest BCUT2D eigenvalue weighted by atomic mass is 35.5. The van der Waals surface area contributed by atoms with E-state index in [0.717, 1.165) is 28.3 Å². The molecule has 0 radical (unpaired) electrons. The molecule has 196 valence electrons. The summed E-state index contributed by atoms with van der Waals surface area (Å²) in [5.74, 6) is 1.35. The molecule has 8 heteroatoms. The minimum atomic E-state index is -0.676. The van der Waals surface area contributed by atoms with Crippen molar-refractivity contribution < 1.29 is 23.8 Å². The maximum Gasteiger partial charge on any atom is 0.315 e. The second-order valence-corrected chi connectivity index (χ2v) is 11.0. The van der Waals surface area contributed by atoms with E-state index in [1.165, 1.54) is 0 Å². The quantitative estimate of drug-likeness (QED) is 0.277. The molecule has 0 N–H and O–H groups in total. The summed E-state index contributed by atoms with van der Waals surface area (Å²) in [7, 11) is 3.19. The average molecular weight is 542 g/mol. The maximum atomic E-state index is 13.8. The number of benzene rings is 2. The van der Waals surface area contributed by atoms with E-state index in [9.17, 15) is 9.59 Å². The third kappa shape index (κ3) is 5.88. The lowest BCUT2D eigenvalue weighted by Gasteiger charge is -2.36. The average Bonchev–Trinajstić information content (AvgIpc) is 2.89. The molecule has 0 aromatic heterocycles. The number of hydrogen-bond acceptors (Lipinski definition) is 7. The van der Waals surface area contributed by atoms with Crippen molar-refractivity contribution in [1.29, 1.82) is 0 Å². The van der Waals surface area contributed by atoms with Crippen LogP contribution in [0.2, 0.25) is 5.02 Å². The topological polar surface area (TPSA) is 74.2 Å². The number of thioether (sulfide) groups is 1. The third-order valence-electron chi connectivity index (χ3n) is 6.91. The minimum Gasteiger partial charge on any atom is -0.493 e. The van der Waals surface area contributed by atoms with E-state index in [4.69, 9.17) is 30.8 Å². The Hall–Kier alpha value is -2.77. The molecule has 1 aliphatic carbocycles. The number of aliphatic imine (C=N–C) groups is 1. The van der Waals surface area contributed by atoms with Crippen LogP contribution in [0, 0.1) is 5.92 Å². The molecule has 2 aliphatic rings. The first-order valence-corrected chi connectivity index (χ1v) is 13.9. The van der Waals surface area contributed by atoms with Gasteiger partial charge in [-0.3, -0.25) is 14.6 Å². The minimum absolute atomic E-state index is 0.0124. The molecule has 37 heavy (non-hydrogen) atoms. The van der Waals surface area contributed by atoms with Gasteiger partial charge in [0.1, 0.15) is 12.5 Å². The fourth-order valence-electron chi connectivity index (χ4n) is 5.20. The number of ketones is 1. The largest absolute Gasteiger partial charge is 0.493 e. The van der Waals surface area contributed by atoms with E-state index in [0.29, 0.717) is 47.3 Å². The first-order valence-electron chi connectivity index (χ1n) is 12.4. The molecule has 1 heterocycles. The summed E-state index contributed by atoms with van der Waals surface area (Å²) >= 11 is 8.05. The SMILES string of the molecule is CCSCCOC(=O)C1C(C)=NC2=C(C(=O)C[C@H](c3ccc(OC)c(OC)c3)C2)[C@@H]1c1cccc(Cl)c1. The molecule has 0 saturated carbocycles. The summed E-state index contributed by atoms with van der Waals surface area (Å²) in [4.78, 5) is 31.9. The summed E-state index contributed by atoms with van der Waals surface area (Å²) < 4.78 is 16.5. The molecule has 4 rings (SSSR count). The van der Waals surface area contributed by atoms with Crippen molar-refractivity contribution in [2.45, 2.75) is 38.5 Å². The zero-order chi connectivity index (χ0) is 26.5. The highest BCUT2D eigenvalue weighted by molar-refractivity contribution is 7.99. The molecule has 3 atom stereocenters. The van der Waals surface area contributed by atoms with E-state index >= 15 is 0 Å². The van der Waals surface area contributed by atoms with Gasteiger partial charge in [0, 0.05) is 40.1 Å². The Morgan fingerprint density at radius 1 is 1.08 bits per heavy atom. The lowest BCUT2D eigenvalue weighted by Crippen LogP contribution is -2.38. The Kier molecular flexibility index (Phi) is 8.98. The Bertz CT molecular complexity index is 1240. The first kappa shape index (κ1) is 27.3. The molecule has 1 unspecified atom stereocenters. The number of allylic oxidation sites excluding steroid dienone is 2. The predicted octanol–water partition coefficient (Wildman–Crippen LogP) is 6.23. The highest BCUT2D eigenvalue weighted by Crippen LogP contribution is 2.47. The molecule has 1 aliphatic heterocycles. The van der Waals surface area contributed by atoms with Gasteiger partial charge in [-0.05, 0) is 60.4 Å². The maximum absolute atomic E-state index is 13.8. The number of hydrogen-bond donors (Lipinski definition) is 0. The van der Waals surface area contributed by atoms with Crippen LogP contribution in [0.3, 0.4) is 0 Å². The van der Waals surface area contributed by atoms with Crippen molar-refractivity contribution in [3.8, 4) is 11.5 Å². The van der Waals surface area contributed by atoms with Crippen molar-refractivity contribution in [3.05, 3.63) is 69.9 Å². The number of rotatable bonds is 9. The lowest BCUT2D eigenvalue weighted by molar-refractivity contribution is -0.145. The lowest BCUT2D eigenvalue weighted by atomic mass is 9.69. The number of carbonyl (C=O) groups excluding carboxylic acids is 2. The molecule has 2 aromatic rings. The van der Waals surface area contributed by atoms with Gasteiger partial charge in [0.2, 0.25) is 0 Å². The molecule has 0 bridgehead atoms. The monoisotopic (exact) mass is 541 g/mol. The Morgan fingerprint density at radius 2 is 1.86 bits per heavy atom. The van der Waals surface area contributed by atoms with Crippen LogP contribution >= 0.6 is 23.4 Å². The Balaban J connectivity index is 1.71. The number of esters is 1. The summed E-state index contributed by atoms with van der Waals surface area (Å²) in [6.07, 6.45) is 0.898. The van der Waals surface area contributed by atoms with Gasteiger partial charge in [0.05, 0.1) is 14.2 Å². The van der Waals surface area contributed by atoms with Gasteiger partial charge in [0.15, 0.2) is 17.3 Å². The van der Waals surface area contributed by atoms with Crippen LogP contribution in [0.15, 0.2) is 58.7 Å². The van der Waals surface area contributed by atoms with Crippen LogP contribution in [-0.2, 0) is 14.3 Å². The van der Waals surface area contributed by atoms with Crippen LogP contribution < -0.4 is 9.47 Å². The van der Waals surface area contributed by atoms with Crippen LogP contribution in [0.1, 0.15) is 49.7 Å². The van der Waals surface area contributed by atoms with Crippen LogP contribution in [-0.4, -0.2) is 49.8 Å². The smallest absolute Gasteiger partial charge is 0.315 e. The van der Waals surface area contributed by atoms with Crippen molar-refractivity contribution in [3.63, 3.8) is 0 Å².